The lowest BCUT2D eigenvalue weighted by molar-refractivity contribution is -0.132. The second-order valence-corrected chi connectivity index (χ2v) is 7.64. The summed E-state index contributed by atoms with van der Waals surface area (Å²) in [5.41, 5.74) is 2.07. The van der Waals surface area contributed by atoms with Gasteiger partial charge in [-0.25, -0.2) is 4.98 Å². The van der Waals surface area contributed by atoms with Crippen LogP contribution in [0.25, 0.3) is 11.0 Å². The Morgan fingerprint density at radius 2 is 2.32 bits per heavy atom. The van der Waals surface area contributed by atoms with Gasteiger partial charge in [-0.05, 0) is 50.0 Å². The summed E-state index contributed by atoms with van der Waals surface area (Å²) < 4.78 is 10.8. The minimum atomic E-state index is 0.0460. The van der Waals surface area contributed by atoms with Crippen molar-refractivity contribution < 1.29 is 14.1 Å². The molecule has 1 saturated heterocycles. The molecule has 1 fully saturated rings. The highest BCUT2D eigenvalue weighted by Gasteiger charge is 2.26. The minimum Gasteiger partial charge on any atom is -0.473 e. The maximum atomic E-state index is 12.7. The number of H-pyrrole nitrogens is 1. The first kappa shape index (κ1) is 18.5. The summed E-state index contributed by atoms with van der Waals surface area (Å²) >= 11 is 0. The van der Waals surface area contributed by atoms with Crippen LogP contribution in [-0.2, 0) is 11.2 Å². The van der Waals surface area contributed by atoms with Gasteiger partial charge in [-0.15, -0.1) is 0 Å². The summed E-state index contributed by atoms with van der Waals surface area (Å²) in [6.45, 7) is 5.43. The number of rotatable bonds is 6. The van der Waals surface area contributed by atoms with Crippen molar-refractivity contribution in [3.8, 4) is 5.88 Å². The SMILES string of the molecule is CC(C)Oc1cc(CCC(=O)N2CCC[C@@H](c3cc4cccnc4[nH]3)C2)on1. The molecule has 0 saturated carbocycles. The second kappa shape index (κ2) is 8.04. The van der Waals surface area contributed by atoms with Gasteiger partial charge >= 0.3 is 0 Å². The van der Waals surface area contributed by atoms with Gasteiger partial charge in [0.05, 0.1) is 6.10 Å². The number of nitrogens with zero attached hydrogens (tertiary/aromatic N) is 3. The summed E-state index contributed by atoms with van der Waals surface area (Å²) in [6, 6.07) is 7.93. The van der Waals surface area contributed by atoms with E-state index in [0.29, 0.717) is 30.4 Å². The van der Waals surface area contributed by atoms with E-state index in [1.54, 1.807) is 12.3 Å². The Labute approximate surface area is 164 Å². The van der Waals surface area contributed by atoms with Crippen LogP contribution >= 0.6 is 0 Å². The number of likely N-dealkylation sites (tertiary alicyclic amines) is 1. The molecule has 4 rings (SSSR count). The van der Waals surface area contributed by atoms with Gasteiger partial charge in [-0.3, -0.25) is 4.79 Å². The third kappa shape index (κ3) is 4.18. The molecule has 1 aliphatic rings. The first-order valence-electron chi connectivity index (χ1n) is 9.92. The number of piperidine rings is 1. The third-order valence-electron chi connectivity index (χ3n) is 5.11. The molecule has 0 aromatic carbocycles. The van der Waals surface area contributed by atoms with Crippen LogP contribution in [0.2, 0.25) is 0 Å². The molecule has 3 aromatic heterocycles. The Morgan fingerprint density at radius 1 is 1.43 bits per heavy atom. The average molecular weight is 382 g/mol. The highest BCUT2D eigenvalue weighted by molar-refractivity contribution is 5.77. The third-order valence-corrected chi connectivity index (χ3v) is 5.11. The Bertz CT molecular complexity index is 913. The van der Waals surface area contributed by atoms with E-state index in [1.807, 2.05) is 24.8 Å². The number of nitrogens with one attached hydrogen (secondary N) is 1. The quantitative estimate of drug-likeness (QED) is 0.703. The predicted molar refractivity (Wildman–Crippen MR) is 105 cm³/mol. The first-order valence-corrected chi connectivity index (χ1v) is 9.92. The van der Waals surface area contributed by atoms with Crippen LogP contribution in [0.3, 0.4) is 0 Å². The minimum absolute atomic E-state index is 0.0460. The fraction of sp³-hybridized carbons (Fsp3) is 0.476. The van der Waals surface area contributed by atoms with E-state index in [0.717, 1.165) is 42.7 Å². The highest BCUT2D eigenvalue weighted by atomic mass is 16.5. The number of aromatic nitrogens is 3. The van der Waals surface area contributed by atoms with E-state index in [9.17, 15) is 4.79 Å². The van der Waals surface area contributed by atoms with Crippen LogP contribution < -0.4 is 4.74 Å². The second-order valence-electron chi connectivity index (χ2n) is 7.64. The van der Waals surface area contributed by atoms with Crippen LogP contribution in [0.1, 0.15) is 50.5 Å². The summed E-state index contributed by atoms with van der Waals surface area (Å²) in [6.07, 6.45) is 4.87. The molecule has 1 N–H and O–H groups in total. The molecule has 7 nitrogen and oxygen atoms in total. The standard InChI is InChI=1S/C21H26N4O3/c1-14(2)27-19-12-17(28-24-19)7-8-20(26)25-10-4-6-16(13-25)18-11-15-5-3-9-22-21(15)23-18/h3,5,9,11-12,14,16H,4,6-8,10,13H2,1-2H3,(H,22,23)/t16-/m1/s1. The number of fused-ring (bicyclic) bond motifs is 1. The normalized spacial score (nSPS) is 17.4. The van der Waals surface area contributed by atoms with Gasteiger partial charge in [0.25, 0.3) is 5.88 Å². The molecule has 0 radical (unpaired) electrons. The monoisotopic (exact) mass is 382 g/mol. The molecule has 0 spiro atoms. The Hall–Kier alpha value is -2.83. The van der Waals surface area contributed by atoms with Gasteiger partial charge in [-0.2, -0.15) is 0 Å². The molecule has 28 heavy (non-hydrogen) atoms. The van der Waals surface area contributed by atoms with Gasteiger partial charge in [0, 0.05) is 55.2 Å². The van der Waals surface area contributed by atoms with Crippen molar-refractivity contribution in [2.75, 3.05) is 13.1 Å². The van der Waals surface area contributed by atoms with E-state index in [1.165, 1.54) is 0 Å². The molecule has 148 valence electrons. The maximum absolute atomic E-state index is 12.7. The van der Waals surface area contributed by atoms with E-state index in [4.69, 9.17) is 9.26 Å². The number of amides is 1. The predicted octanol–water partition coefficient (Wildman–Crippen LogP) is 3.68. The van der Waals surface area contributed by atoms with Crippen molar-refractivity contribution in [1.29, 1.82) is 0 Å². The van der Waals surface area contributed by atoms with E-state index < -0.39 is 0 Å². The fourth-order valence-electron chi connectivity index (χ4n) is 3.75. The summed E-state index contributed by atoms with van der Waals surface area (Å²) in [5, 5.41) is 5.00. The molecule has 0 bridgehead atoms. The number of carbonyl (C=O) groups excluding carboxylic acids is 1. The number of carbonyl (C=O) groups is 1. The van der Waals surface area contributed by atoms with Gasteiger partial charge in [-0.1, -0.05) is 0 Å². The van der Waals surface area contributed by atoms with Crippen LogP contribution in [-0.4, -0.2) is 45.1 Å². The molecular formula is C21H26N4O3. The van der Waals surface area contributed by atoms with Crippen molar-refractivity contribution in [2.45, 2.75) is 51.6 Å². The first-order chi connectivity index (χ1) is 13.6. The lowest BCUT2D eigenvalue weighted by Gasteiger charge is -2.32. The molecular weight excluding hydrogens is 356 g/mol. The maximum Gasteiger partial charge on any atom is 0.254 e. The molecule has 1 atom stereocenters. The smallest absolute Gasteiger partial charge is 0.254 e. The Kier molecular flexibility index (Phi) is 5.32. The van der Waals surface area contributed by atoms with E-state index in [2.05, 4.69) is 27.3 Å². The van der Waals surface area contributed by atoms with Crippen molar-refractivity contribution in [3.63, 3.8) is 0 Å². The van der Waals surface area contributed by atoms with Crippen LogP contribution in [0, 0.1) is 0 Å². The number of aryl methyl sites for hydroxylation is 1. The van der Waals surface area contributed by atoms with Gasteiger partial charge in [0.2, 0.25) is 5.91 Å². The van der Waals surface area contributed by atoms with Crippen LogP contribution in [0.5, 0.6) is 5.88 Å². The Morgan fingerprint density at radius 3 is 3.14 bits per heavy atom. The lowest BCUT2D eigenvalue weighted by Crippen LogP contribution is -2.39. The molecule has 1 aliphatic heterocycles. The summed E-state index contributed by atoms with van der Waals surface area (Å²) in [7, 11) is 0. The van der Waals surface area contributed by atoms with Crippen molar-refractivity contribution in [1.82, 2.24) is 20.0 Å². The molecule has 4 heterocycles. The van der Waals surface area contributed by atoms with Gasteiger partial charge < -0.3 is 19.1 Å². The molecule has 0 aliphatic carbocycles. The zero-order valence-corrected chi connectivity index (χ0v) is 16.4. The average Bonchev–Trinajstić information content (AvgIpc) is 3.32. The largest absolute Gasteiger partial charge is 0.473 e. The topological polar surface area (TPSA) is 84.2 Å². The number of hydrogen-bond acceptors (Lipinski definition) is 5. The van der Waals surface area contributed by atoms with E-state index >= 15 is 0 Å². The Balaban J connectivity index is 1.34. The molecule has 3 aromatic rings. The lowest BCUT2D eigenvalue weighted by atomic mass is 9.94. The van der Waals surface area contributed by atoms with Gasteiger partial charge in [0.15, 0.2) is 0 Å². The summed E-state index contributed by atoms with van der Waals surface area (Å²) in [4.78, 5) is 22.5. The molecule has 7 heteroatoms. The van der Waals surface area contributed by atoms with Crippen molar-refractivity contribution in [2.24, 2.45) is 0 Å². The molecule has 0 unspecified atom stereocenters. The number of hydrogen-bond donors (Lipinski definition) is 1. The highest BCUT2D eigenvalue weighted by Crippen LogP contribution is 2.29. The zero-order valence-electron chi connectivity index (χ0n) is 16.4. The van der Waals surface area contributed by atoms with Crippen LogP contribution in [0.4, 0.5) is 0 Å². The van der Waals surface area contributed by atoms with Crippen LogP contribution in [0.15, 0.2) is 35.0 Å². The van der Waals surface area contributed by atoms with Crippen molar-refractivity contribution >= 4 is 16.9 Å². The van der Waals surface area contributed by atoms with Crippen molar-refractivity contribution in [3.05, 3.63) is 41.9 Å². The fourth-order valence-corrected chi connectivity index (χ4v) is 3.75. The van der Waals surface area contributed by atoms with Gasteiger partial charge in [0.1, 0.15) is 11.4 Å². The number of ether oxygens (including phenoxy) is 1. The van der Waals surface area contributed by atoms with E-state index in [-0.39, 0.29) is 12.0 Å². The molecule has 1 amide bonds. The summed E-state index contributed by atoms with van der Waals surface area (Å²) in [5.74, 6) is 1.63. The number of pyridine rings is 1. The number of aromatic amines is 1. The zero-order chi connectivity index (χ0) is 19.5.